The third-order valence-electron chi connectivity index (χ3n) is 2.98. The lowest BCUT2D eigenvalue weighted by molar-refractivity contribution is 0.248. The van der Waals surface area contributed by atoms with Crippen LogP contribution in [0.5, 0.6) is 0 Å². The van der Waals surface area contributed by atoms with Crippen LogP contribution in [-0.2, 0) is 0 Å². The van der Waals surface area contributed by atoms with Gasteiger partial charge in [0.2, 0.25) is 0 Å². The van der Waals surface area contributed by atoms with Crippen molar-refractivity contribution < 1.29 is 5.11 Å². The summed E-state index contributed by atoms with van der Waals surface area (Å²) in [5, 5.41) is 12.3. The molecule has 0 spiro atoms. The molecule has 0 aliphatic rings. The molecular weight excluding hydrogens is 212 g/mol. The topological polar surface area (TPSA) is 58.3 Å². The predicted octanol–water partition coefficient (Wildman–Crippen LogP) is 2.79. The summed E-state index contributed by atoms with van der Waals surface area (Å²) in [5.74, 6) is 0. The van der Waals surface area contributed by atoms with E-state index in [-0.39, 0.29) is 12.0 Å². The first-order valence-corrected chi connectivity index (χ1v) is 6.15. The highest BCUT2D eigenvalue weighted by atomic mass is 16.2. The Labute approximate surface area is 104 Å². The number of rotatable bonds is 6. The summed E-state index contributed by atoms with van der Waals surface area (Å²) in [6.45, 7) is 7.57. The van der Waals surface area contributed by atoms with E-state index in [9.17, 15) is 0 Å². The third-order valence-corrected chi connectivity index (χ3v) is 2.98. The molecule has 0 aromatic heterocycles. The zero-order chi connectivity index (χ0) is 12.9. The quantitative estimate of drug-likeness (QED) is 0.666. The lowest BCUT2D eigenvalue weighted by atomic mass is 9.88. The van der Waals surface area contributed by atoms with E-state index in [1.165, 1.54) is 5.56 Å². The molecule has 0 amide bonds. The molecule has 0 bridgehead atoms. The minimum Gasteiger partial charge on any atom is -0.397 e. The molecule has 0 atom stereocenters. The number of anilines is 2. The molecule has 4 N–H and O–H groups in total. The van der Waals surface area contributed by atoms with E-state index in [1.807, 2.05) is 12.1 Å². The molecule has 0 saturated heterocycles. The van der Waals surface area contributed by atoms with Gasteiger partial charge in [-0.3, -0.25) is 0 Å². The number of nitrogen functional groups attached to an aromatic ring is 1. The van der Waals surface area contributed by atoms with E-state index >= 15 is 0 Å². The Bertz CT molecular complexity index is 361. The van der Waals surface area contributed by atoms with Gasteiger partial charge in [-0.25, -0.2) is 0 Å². The average Bonchev–Trinajstić information content (AvgIpc) is 2.28. The molecule has 3 nitrogen and oxygen atoms in total. The summed E-state index contributed by atoms with van der Waals surface area (Å²) < 4.78 is 0. The van der Waals surface area contributed by atoms with Crippen LogP contribution in [0.3, 0.4) is 0 Å². The summed E-state index contributed by atoms with van der Waals surface area (Å²) in [6.07, 6.45) is 1.85. The van der Waals surface area contributed by atoms with Gasteiger partial charge in [0.05, 0.1) is 11.4 Å². The summed E-state index contributed by atoms with van der Waals surface area (Å²) in [6, 6.07) is 6.01. The minimum atomic E-state index is 0.166. The molecule has 0 fully saturated rings. The van der Waals surface area contributed by atoms with Crippen molar-refractivity contribution >= 4 is 11.4 Å². The zero-order valence-electron chi connectivity index (χ0n) is 11.1. The molecule has 0 aliphatic carbocycles. The first-order chi connectivity index (χ1) is 7.94. The van der Waals surface area contributed by atoms with Crippen molar-refractivity contribution in [2.24, 2.45) is 5.41 Å². The smallest absolute Gasteiger partial charge is 0.0576 e. The van der Waals surface area contributed by atoms with Crippen LogP contribution in [-0.4, -0.2) is 18.3 Å². The number of nitrogens with two attached hydrogens (primary N) is 1. The Kier molecular flexibility index (Phi) is 4.82. The van der Waals surface area contributed by atoms with Crippen molar-refractivity contribution in [3.8, 4) is 0 Å². The Balaban J connectivity index is 2.57. The Morgan fingerprint density at radius 1 is 1.35 bits per heavy atom. The summed E-state index contributed by atoms with van der Waals surface area (Å²) in [4.78, 5) is 0. The van der Waals surface area contributed by atoms with Gasteiger partial charge in [-0.1, -0.05) is 19.9 Å². The largest absolute Gasteiger partial charge is 0.397 e. The maximum absolute atomic E-state index is 8.85. The zero-order valence-corrected chi connectivity index (χ0v) is 11.1. The molecule has 3 heteroatoms. The van der Waals surface area contributed by atoms with E-state index in [0.717, 1.165) is 30.8 Å². The highest BCUT2D eigenvalue weighted by Crippen LogP contribution is 2.25. The maximum Gasteiger partial charge on any atom is 0.0576 e. The predicted molar refractivity (Wildman–Crippen MR) is 74.2 cm³/mol. The van der Waals surface area contributed by atoms with Gasteiger partial charge in [-0.2, -0.15) is 0 Å². The van der Waals surface area contributed by atoms with Crippen molar-refractivity contribution in [2.45, 2.75) is 33.6 Å². The van der Waals surface area contributed by atoms with Crippen LogP contribution in [0.15, 0.2) is 18.2 Å². The highest BCUT2D eigenvalue weighted by Gasteiger charge is 2.17. The molecule has 1 rings (SSSR count). The Morgan fingerprint density at radius 3 is 2.71 bits per heavy atom. The van der Waals surface area contributed by atoms with E-state index < -0.39 is 0 Å². The standard InChI is InChI=1S/C14H24N2O/c1-11-5-6-12(15)13(9-11)16-10-14(2,3)7-4-8-17/h5-6,9,16-17H,4,7-8,10,15H2,1-3H3. The van der Waals surface area contributed by atoms with Gasteiger partial charge in [0.1, 0.15) is 0 Å². The van der Waals surface area contributed by atoms with Crippen LogP contribution in [0.25, 0.3) is 0 Å². The Hall–Kier alpha value is -1.22. The Morgan fingerprint density at radius 2 is 2.06 bits per heavy atom. The first kappa shape index (κ1) is 13.8. The molecule has 1 aromatic carbocycles. The van der Waals surface area contributed by atoms with Crippen molar-refractivity contribution in [3.05, 3.63) is 23.8 Å². The van der Waals surface area contributed by atoms with Gasteiger partial charge in [0, 0.05) is 13.2 Å². The number of aliphatic hydroxyl groups excluding tert-OH is 1. The fourth-order valence-corrected chi connectivity index (χ4v) is 1.80. The number of hydrogen-bond acceptors (Lipinski definition) is 3. The third kappa shape index (κ3) is 4.65. The molecule has 0 heterocycles. The van der Waals surface area contributed by atoms with Gasteiger partial charge in [-0.15, -0.1) is 0 Å². The average molecular weight is 236 g/mol. The van der Waals surface area contributed by atoms with E-state index in [4.69, 9.17) is 10.8 Å². The lowest BCUT2D eigenvalue weighted by Gasteiger charge is -2.25. The summed E-state index contributed by atoms with van der Waals surface area (Å²) in [5.41, 5.74) is 9.07. The van der Waals surface area contributed by atoms with Crippen molar-refractivity contribution in [1.82, 2.24) is 0 Å². The number of benzene rings is 1. The molecule has 0 saturated carbocycles. The van der Waals surface area contributed by atoms with Crippen LogP contribution in [0.1, 0.15) is 32.3 Å². The van der Waals surface area contributed by atoms with Gasteiger partial charge in [0.25, 0.3) is 0 Å². The normalized spacial score (nSPS) is 11.5. The van der Waals surface area contributed by atoms with Gasteiger partial charge in [0.15, 0.2) is 0 Å². The van der Waals surface area contributed by atoms with Crippen LogP contribution in [0, 0.1) is 12.3 Å². The molecular formula is C14H24N2O. The number of aliphatic hydroxyl groups is 1. The SMILES string of the molecule is Cc1ccc(N)c(NCC(C)(C)CCCO)c1. The number of nitrogens with one attached hydrogen (secondary N) is 1. The van der Waals surface area contributed by atoms with Gasteiger partial charge in [-0.05, 0) is 42.9 Å². The van der Waals surface area contributed by atoms with Gasteiger partial charge >= 0.3 is 0 Å². The fourth-order valence-electron chi connectivity index (χ4n) is 1.80. The second-order valence-corrected chi connectivity index (χ2v) is 5.44. The van der Waals surface area contributed by atoms with E-state index in [2.05, 4.69) is 32.2 Å². The van der Waals surface area contributed by atoms with Crippen LogP contribution in [0.4, 0.5) is 11.4 Å². The molecule has 0 aliphatic heterocycles. The monoisotopic (exact) mass is 236 g/mol. The van der Waals surface area contributed by atoms with Crippen molar-refractivity contribution in [1.29, 1.82) is 0 Å². The second kappa shape index (κ2) is 5.92. The first-order valence-electron chi connectivity index (χ1n) is 6.15. The van der Waals surface area contributed by atoms with Crippen molar-refractivity contribution in [3.63, 3.8) is 0 Å². The molecule has 0 radical (unpaired) electrons. The maximum atomic E-state index is 8.85. The van der Waals surface area contributed by atoms with E-state index in [1.54, 1.807) is 0 Å². The fraction of sp³-hybridized carbons (Fsp3) is 0.571. The van der Waals surface area contributed by atoms with Crippen LogP contribution >= 0.6 is 0 Å². The lowest BCUT2D eigenvalue weighted by Crippen LogP contribution is -2.23. The highest BCUT2D eigenvalue weighted by molar-refractivity contribution is 5.66. The molecule has 0 unspecified atom stereocenters. The van der Waals surface area contributed by atoms with E-state index in [0.29, 0.717) is 0 Å². The summed E-state index contributed by atoms with van der Waals surface area (Å²) >= 11 is 0. The molecule has 1 aromatic rings. The molecule has 96 valence electrons. The van der Waals surface area contributed by atoms with Crippen molar-refractivity contribution in [2.75, 3.05) is 24.2 Å². The second-order valence-electron chi connectivity index (χ2n) is 5.44. The number of aryl methyl sites for hydroxylation is 1. The van der Waals surface area contributed by atoms with Gasteiger partial charge < -0.3 is 16.2 Å². The van der Waals surface area contributed by atoms with Crippen LogP contribution in [0.2, 0.25) is 0 Å². The molecule has 17 heavy (non-hydrogen) atoms. The number of hydrogen-bond donors (Lipinski definition) is 3. The summed E-state index contributed by atoms with van der Waals surface area (Å²) in [7, 11) is 0. The van der Waals surface area contributed by atoms with Crippen LogP contribution < -0.4 is 11.1 Å². The minimum absolute atomic E-state index is 0.166.